The van der Waals surface area contributed by atoms with Crippen LogP contribution in [0.3, 0.4) is 0 Å². The zero-order valence-corrected chi connectivity index (χ0v) is 64.5. The van der Waals surface area contributed by atoms with Crippen LogP contribution in [0, 0.1) is 0 Å². The minimum atomic E-state index is -0.661. The average Bonchev–Trinajstić information content (AvgIpc) is 3.59. The molecule has 0 fully saturated rings. The first-order chi connectivity index (χ1) is 46.5. The van der Waals surface area contributed by atoms with Crippen molar-refractivity contribution in [3.8, 4) is 0 Å². The number of aliphatic hydroxyl groups is 2. The number of carbonyl (C=O) groups excluding carboxylic acids is 2. The van der Waals surface area contributed by atoms with Gasteiger partial charge in [0.25, 0.3) is 0 Å². The molecule has 560 valence electrons. The third-order valence-corrected chi connectivity index (χ3v) is 21.1. The number of esters is 1. The Balaban J connectivity index is 3.30. The summed E-state index contributed by atoms with van der Waals surface area (Å²) in [7, 11) is 0. The molecule has 0 saturated carbocycles. The Bertz CT molecular complexity index is 1430. The SMILES string of the molecule is CCCCCCC/C=C\CCCCCCCC(=O)OCCCCCCCCCCCCCCCCCCCCCCCCCCCCCCCCCCCCCCCCCC(=O)NC(CO)C(O)CCCCCCCCCCCCCCCCCCCCCCCCCC. The molecule has 0 aromatic carbocycles. The molecule has 3 N–H and O–H groups in total. The Morgan fingerprint density at radius 3 is 0.755 bits per heavy atom. The molecule has 0 aliphatic carbocycles. The molecule has 94 heavy (non-hydrogen) atoms. The third kappa shape index (κ3) is 79.6. The number of hydrogen-bond acceptors (Lipinski definition) is 5. The number of allylic oxidation sites excluding steroid dienone is 2. The number of rotatable bonds is 84. The number of hydrogen-bond donors (Lipinski definition) is 3. The molecule has 0 bridgehead atoms. The second-order valence-corrected chi connectivity index (χ2v) is 30.6. The fourth-order valence-electron chi connectivity index (χ4n) is 14.4. The molecule has 0 saturated heterocycles. The summed E-state index contributed by atoms with van der Waals surface area (Å²) in [4.78, 5) is 24.7. The number of carbonyl (C=O) groups is 2. The molecule has 0 spiro atoms. The number of nitrogens with one attached hydrogen (secondary N) is 1. The lowest BCUT2D eigenvalue weighted by Crippen LogP contribution is -2.45. The molecule has 2 unspecified atom stereocenters. The highest BCUT2D eigenvalue weighted by Gasteiger charge is 2.20. The average molecular weight is 1330 g/mol. The van der Waals surface area contributed by atoms with E-state index in [2.05, 4.69) is 31.3 Å². The number of amides is 1. The van der Waals surface area contributed by atoms with Gasteiger partial charge < -0.3 is 20.3 Å². The number of unbranched alkanes of at least 4 members (excludes halogenated alkanes) is 71. The lowest BCUT2D eigenvalue weighted by atomic mass is 10.0. The van der Waals surface area contributed by atoms with Crippen molar-refractivity contribution in [1.82, 2.24) is 5.32 Å². The quantitative estimate of drug-likeness (QED) is 0.0320. The van der Waals surface area contributed by atoms with Crippen LogP contribution in [0.15, 0.2) is 12.2 Å². The Labute approximate surface area is 590 Å². The molecule has 6 nitrogen and oxygen atoms in total. The van der Waals surface area contributed by atoms with Crippen molar-refractivity contribution < 1.29 is 24.5 Å². The van der Waals surface area contributed by atoms with E-state index >= 15 is 0 Å². The van der Waals surface area contributed by atoms with Crippen molar-refractivity contribution in [2.45, 2.75) is 527 Å². The van der Waals surface area contributed by atoms with Crippen molar-refractivity contribution in [2.24, 2.45) is 0 Å². The Kier molecular flexibility index (Phi) is 82.8. The van der Waals surface area contributed by atoms with Gasteiger partial charge >= 0.3 is 5.97 Å². The Morgan fingerprint density at radius 2 is 0.500 bits per heavy atom. The molecule has 0 aliphatic heterocycles. The Hall–Kier alpha value is -1.40. The summed E-state index contributed by atoms with van der Waals surface area (Å²) in [6.45, 7) is 5.01. The molecule has 2 atom stereocenters. The highest BCUT2D eigenvalue weighted by molar-refractivity contribution is 5.76. The van der Waals surface area contributed by atoms with E-state index < -0.39 is 12.1 Å². The van der Waals surface area contributed by atoms with Crippen LogP contribution >= 0.6 is 0 Å². The first kappa shape index (κ1) is 92.6. The molecule has 6 heteroatoms. The van der Waals surface area contributed by atoms with Crippen LogP contribution in [-0.2, 0) is 14.3 Å². The van der Waals surface area contributed by atoms with Gasteiger partial charge in [-0.1, -0.05) is 463 Å². The van der Waals surface area contributed by atoms with Gasteiger partial charge in [0, 0.05) is 12.8 Å². The zero-order valence-electron chi connectivity index (χ0n) is 64.5. The van der Waals surface area contributed by atoms with Gasteiger partial charge in [0.15, 0.2) is 0 Å². The van der Waals surface area contributed by atoms with Gasteiger partial charge in [-0.3, -0.25) is 9.59 Å². The fourth-order valence-corrected chi connectivity index (χ4v) is 14.4. The van der Waals surface area contributed by atoms with Crippen LogP contribution in [0.25, 0.3) is 0 Å². The molecule has 0 aromatic rings. The standard InChI is InChI=1S/C88H173NO5/c1-3-5-7-9-11-13-15-17-19-20-21-22-23-41-44-47-50-53-56-60-64-68-72-76-80-86(91)85(84-90)89-87(92)81-77-73-69-65-61-57-54-51-48-45-42-39-37-35-33-31-29-27-25-24-26-28-30-32-34-36-38-40-43-46-49-52-55-59-63-67-71-75-79-83-94-88(93)82-78-74-70-66-62-58-18-16-14-12-10-8-6-4-2/h16,18,85-86,90-91H,3-15,17,19-84H2,1-2H3,(H,89,92)/b18-16-. The van der Waals surface area contributed by atoms with Crippen LogP contribution in [0.4, 0.5) is 0 Å². The number of ether oxygens (including phenoxy) is 1. The van der Waals surface area contributed by atoms with Crippen LogP contribution in [0.2, 0.25) is 0 Å². The minimum absolute atomic E-state index is 0.0168. The highest BCUT2D eigenvalue weighted by Crippen LogP contribution is 2.21. The van der Waals surface area contributed by atoms with Crippen molar-refractivity contribution in [3.63, 3.8) is 0 Å². The van der Waals surface area contributed by atoms with Gasteiger partial charge in [-0.2, -0.15) is 0 Å². The normalized spacial score (nSPS) is 12.4. The Morgan fingerprint density at radius 1 is 0.287 bits per heavy atom. The predicted molar refractivity (Wildman–Crippen MR) is 417 cm³/mol. The maximum Gasteiger partial charge on any atom is 0.305 e. The van der Waals surface area contributed by atoms with Gasteiger partial charge in [0.05, 0.1) is 25.4 Å². The summed E-state index contributed by atoms with van der Waals surface area (Å²) < 4.78 is 5.50. The van der Waals surface area contributed by atoms with Crippen molar-refractivity contribution in [1.29, 1.82) is 0 Å². The van der Waals surface area contributed by atoms with Crippen molar-refractivity contribution in [2.75, 3.05) is 13.2 Å². The molecule has 0 radical (unpaired) electrons. The fraction of sp³-hybridized carbons (Fsp3) is 0.955. The van der Waals surface area contributed by atoms with Crippen LogP contribution < -0.4 is 5.32 Å². The van der Waals surface area contributed by atoms with E-state index in [1.807, 2.05) is 0 Å². The lowest BCUT2D eigenvalue weighted by Gasteiger charge is -2.22. The van der Waals surface area contributed by atoms with Gasteiger partial charge in [-0.05, 0) is 51.4 Å². The van der Waals surface area contributed by atoms with E-state index in [0.29, 0.717) is 25.9 Å². The largest absolute Gasteiger partial charge is 0.466 e. The summed E-state index contributed by atoms with van der Waals surface area (Å²) in [6, 6.07) is -0.538. The molecule has 0 rings (SSSR count). The third-order valence-electron chi connectivity index (χ3n) is 21.1. The molecular formula is C88H173NO5. The molecule has 0 aromatic heterocycles. The van der Waals surface area contributed by atoms with Gasteiger partial charge in [-0.25, -0.2) is 0 Å². The van der Waals surface area contributed by atoms with Crippen LogP contribution in [-0.4, -0.2) is 47.4 Å². The second kappa shape index (κ2) is 84.0. The summed E-state index contributed by atoms with van der Waals surface area (Å²) in [5, 5.41) is 23.5. The summed E-state index contributed by atoms with van der Waals surface area (Å²) in [5.41, 5.74) is 0. The second-order valence-electron chi connectivity index (χ2n) is 30.6. The monoisotopic (exact) mass is 1320 g/mol. The summed E-state index contributed by atoms with van der Waals surface area (Å²) in [6.07, 6.45) is 108. The molecule has 1 amide bonds. The zero-order chi connectivity index (χ0) is 67.7. The van der Waals surface area contributed by atoms with E-state index in [1.165, 1.54) is 437 Å². The van der Waals surface area contributed by atoms with Gasteiger partial charge in [-0.15, -0.1) is 0 Å². The maximum absolute atomic E-state index is 12.6. The van der Waals surface area contributed by atoms with E-state index in [4.69, 9.17) is 4.74 Å². The summed E-state index contributed by atoms with van der Waals surface area (Å²) in [5.74, 6) is -0.00530. The van der Waals surface area contributed by atoms with Crippen molar-refractivity contribution in [3.05, 3.63) is 12.2 Å². The van der Waals surface area contributed by atoms with Crippen molar-refractivity contribution >= 4 is 11.9 Å². The lowest BCUT2D eigenvalue weighted by molar-refractivity contribution is -0.143. The van der Waals surface area contributed by atoms with E-state index in [-0.39, 0.29) is 18.5 Å². The smallest absolute Gasteiger partial charge is 0.305 e. The predicted octanol–water partition coefficient (Wildman–Crippen LogP) is 29.4. The van der Waals surface area contributed by atoms with E-state index in [9.17, 15) is 19.8 Å². The molecule has 0 heterocycles. The van der Waals surface area contributed by atoms with Gasteiger partial charge in [0.1, 0.15) is 0 Å². The van der Waals surface area contributed by atoms with Crippen LogP contribution in [0.5, 0.6) is 0 Å². The summed E-state index contributed by atoms with van der Waals surface area (Å²) >= 11 is 0. The van der Waals surface area contributed by atoms with E-state index in [1.54, 1.807) is 0 Å². The minimum Gasteiger partial charge on any atom is -0.466 e. The maximum atomic E-state index is 12.6. The molecule has 0 aliphatic rings. The highest BCUT2D eigenvalue weighted by atomic mass is 16.5. The van der Waals surface area contributed by atoms with Gasteiger partial charge in [0.2, 0.25) is 5.91 Å². The number of aliphatic hydroxyl groups excluding tert-OH is 2. The molecular weight excluding hydrogens is 1150 g/mol. The topological polar surface area (TPSA) is 95.9 Å². The van der Waals surface area contributed by atoms with E-state index in [0.717, 1.165) is 44.9 Å². The first-order valence-corrected chi connectivity index (χ1v) is 43.9. The van der Waals surface area contributed by atoms with Crippen LogP contribution in [0.1, 0.15) is 515 Å². The first-order valence-electron chi connectivity index (χ1n) is 43.9.